The molecule has 0 unspecified atom stereocenters. The van der Waals surface area contributed by atoms with Crippen molar-refractivity contribution in [2.45, 2.75) is 0 Å². The molecule has 0 amide bonds. The Hall–Kier alpha value is -3.01. The van der Waals surface area contributed by atoms with Gasteiger partial charge in [-0.3, -0.25) is 4.79 Å². The van der Waals surface area contributed by atoms with E-state index in [4.69, 9.17) is 4.42 Å². The summed E-state index contributed by atoms with van der Waals surface area (Å²) in [5.74, 6) is 0. The highest BCUT2D eigenvalue weighted by molar-refractivity contribution is 5.96. The van der Waals surface area contributed by atoms with E-state index in [0.29, 0.717) is 16.8 Å². The van der Waals surface area contributed by atoms with E-state index in [1.165, 1.54) is 0 Å². The molecule has 0 spiro atoms. The monoisotopic (exact) mass is 274 g/mol. The summed E-state index contributed by atoms with van der Waals surface area (Å²) in [6.45, 7) is 0. The maximum Gasteiger partial charge on any atom is 0.196 e. The summed E-state index contributed by atoms with van der Waals surface area (Å²) in [6, 6.07) is 13.0. The summed E-state index contributed by atoms with van der Waals surface area (Å²) in [6.07, 6.45) is 4.80. The second-order valence-corrected chi connectivity index (χ2v) is 4.78. The van der Waals surface area contributed by atoms with Gasteiger partial charge < -0.3 is 4.42 Å². The van der Waals surface area contributed by atoms with Crippen molar-refractivity contribution in [2.75, 3.05) is 0 Å². The van der Waals surface area contributed by atoms with Crippen LogP contribution in [0.3, 0.4) is 0 Å². The summed E-state index contributed by atoms with van der Waals surface area (Å²) in [5.41, 5.74) is 2.49. The third-order valence-electron chi connectivity index (χ3n) is 3.56. The first-order chi connectivity index (χ1) is 10.3. The van der Waals surface area contributed by atoms with Crippen molar-refractivity contribution in [3.05, 3.63) is 71.4 Å². The van der Waals surface area contributed by atoms with Gasteiger partial charge in [0, 0.05) is 16.5 Å². The average Bonchev–Trinajstić information content (AvgIpc) is 2.95. The lowest BCUT2D eigenvalue weighted by Gasteiger charge is -2.04. The van der Waals surface area contributed by atoms with E-state index in [-0.39, 0.29) is 5.43 Å². The number of aromatic nitrogens is 2. The fourth-order valence-corrected chi connectivity index (χ4v) is 2.55. The second kappa shape index (κ2) is 4.52. The summed E-state index contributed by atoms with van der Waals surface area (Å²) >= 11 is 0. The normalized spacial score (nSPS) is 11.0. The van der Waals surface area contributed by atoms with Crippen molar-refractivity contribution in [3.8, 4) is 22.4 Å². The summed E-state index contributed by atoms with van der Waals surface area (Å²) < 4.78 is 5.08. The molecule has 2 aromatic rings. The topological polar surface area (TPSA) is 56.0 Å². The number of rotatable bonds is 1. The lowest BCUT2D eigenvalue weighted by molar-refractivity contribution is 0.568. The fourth-order valence-electron chi connectivity index (χ4n) is 2.55. The van der Waals surface area contributed by atoms with Crippen LogP contribution in [0.4, 0.5) is 0 Å². The molecule has 21 heavy (non-hydrogen) atoms. The summed E-state index contributed by atoms with van der Waals surface area (Å²) in [5, 5.41) is 9.91. The highest BCUT2D eigenvalue weighted by Gasteiger charge is 2.15. The van der Waals surface area contributed by atoms with E-state index >= 15 is 0 Å². The first-order valence-electron chi connectivity index (χ1n) is 6.54. The van der Waals surface area contributed by atoms with E-state index in [1.807, 2.05) is 30.3 Å². The standard InChI is InChI=1S/C17H10N2O2/c20-17-14(12-7-8-21-10-12)5-6-15-16(17)13-4-2-1-3-11(13)9-18-19-15/h1-10H. The van der Waals surface area contributed by atoms with Gasteiger partial charge in [-0.25, -0.2) is 0 Å². The van der Waals surface area contributed by atoms with E-state index < -0.39 is 0 Å². The number of benzene rings is 2. The number of hydrogen-bond acceptors (Lipinski definition) is 4. The van der Waals surface area contributed by atoms with Crippen LogP contribution in [0.1, 0.15) is 0 Å². The van der Waals surface area contributed by atoms with Gasteiger partial charge in [-0.05, 0) is 23.6 Å². The Bertz CT molecular complexity index is 962. The van der Waals surface area contributed by atoms with Crippen LogP contribution in [0.15, 0.2) is 70.4 Å². The first kappa shape index (κ1) is 11.8. The zero-order valence-corrected chi connectivity index (χ0v) is 11.0. The molecule has 0 saturated carbocycles. The van der Waals surface area contributed by atoms with Crippen LogP contribution >= 0.6 is 0 Å². The summed E-state index contributed by atoms with van der Waals surface area (Å²) in [4.78, 5) is 12.9. The van der Waals surface area contributed by atoms with Crippen LogP contribution in [0.5, 0.6) is 0 Å². The molecule has 1 aliphatic heterocycles. The van der Waals surface area contributed by atoms with Crippen LogP contribution < -0.4 is 5.43 Å². The van der Waals surface area contributed by atoms with Gasteiger partial charge in [-0.15, -0.1) is 0 Å². The van der Waals surface area contributed by atoms with Gasteiger partial charge in [0.05, 0.1) is 30.0 Å². The molecule has 4 rings (SSSR count). The summed E-state index contributed by atoms with van der Waals surface area (Å²) in [7, 11) is 0. The van der Waals surface area contributed by atoms with E-state index in [2.05, 4.69) is 10.2 Å². The lowest BCUT2D eigenvalue weighted by atomic mass is 9.98. The fraction of sp³-hybridized carbons (Fsp3) is 0. The molecule has 0 saturated heterocycles. The third kappa shape index (κ3) is 1.80. The zero-order chi connectivity index (χ0) is 14.2. The molecule has 2 aliphatic rings. The average molecular weight is 274 g/mol. The van der Waals surface area contributed by atoms with Gasteiger partial charge in [0.2, 0.25) is 0 Å². The van der Waals surface area contributed by atoms with Crippen LogP contribution in [0.2, 0.25) is 0 Å². The van der Waals surface area contributed by atoms with Crippen molar-refractivity contribution >= 4 is 10.8 Å². The zero-order valence-electron chi connectivity index (χ0n) is 11.0. The molecule has 1 aliphatic carbocycles. The van der Waals surface area contributed by atoms with Crippen molar-refractivity contribution in [3.63, 3.8) is 0 Å². The van der Waals surface area contributed by atoms with Gasteiger partial charge in [0.25, 0.3) is 0 Å². The smallest absolute Gasteiger partial charge is 0.196 e. The predicted molar refractivity (Wildman–Crippen MR) is 80.1 cm³/mol. The van der Waals surface area contributed by atoms with E-state index in [9.17, 15) is 4.79 Å². The minimum absolute atomic E-state index is 0.0596. The molecular weight excluding hydrogens is 264 g/mol. The third-order valence-corrected chi connectivity index (χ3v) is 3.56. The Labute approximate surface area is 120 Å². The van der Waals surface area contributed by atoms with Crippen LogP contribution in [0.25, 0.3) is 33.2 Å². The second-order valence-electron chi connectivity index (χ2n) is 4.78. The Balaban J connectivity index is 2.19. The van der Waals surface area contributed by atoms with Crippen molar-refractivity contribution in [2.24, 2.45) is 0 Å². The highest BCUT2D eigenvalue weighted by Crippen LogP contribution is 2.27. The van der Waals surface area contributed by atoms with Crippen molar-refractivity contribution < 1.29 is 4.42 Å². The van der Waals surface area contributed by atoms with E-state index in [1.54, 1.807) is 30.9 Å². The highest BCUT2D eigenvalue weighted by atomic mass is 16.3. The van der Waals surface area contributed by atoms with Crippen LogP contribution in [0, 0.1) is 0 Å². The Kier molecular flexibility index (Phi) is 2.54. The number of fused-ring (bicyclic) bond motifs is 3. The number of furan rings is 1. The van der Waals surface area contributed by atoms with Gasteiger partial charge in [-0.2, -0.15) is 10.2 Å². The molecule has 0 bridgehead atoms. The number of nitrogens with zero attached hydrogens (tertiary/aromatic N) is 2. The molecule has 4 heteroatoms. The maximum atomic E-state index is 12.9. The SMILES string of the molecule is O=c1c(-c2ccoc2)ccc2nncc3ccccc3c1-2. The minimum atomic E-state index is -0.0596. The van der Waals surface area contributed by atoms with Gasteiger partial charge in [-0.1, -0.05) is 24.3 Å². The molecule has 4 nitrogen and oxygen atoms in total. The van der Waals surface area contributed by atoms with Crippen molar-refractivity contribution in [1.82, 2.24) is 10.2 Å². The molecule has 100 valence electrons. The minimum Gasteiger partial charge on any atom is -0.472 e. The van der Waals surface area contributed by atoms with Gasteiger partial charge in [0.1, 0.15) is 0 Å². The quantitative estimate of drug-likeness (QED) is 0.534. The van der Waals surface area contributed by atoms with E-state index in [0.717, 1.165) is 16.3 Å². The number of hydrogen-bond donors (Lipinski definition) is 0. The Morgan fingerprint density at radius 1 is 1.00 bits per heavy atom. The van der Waals surface area contributed by atoms with Gasteiger partial charge in [0.15, 0.2) is 5.43 Å². The first-order valence-corrected chi connectivity index (χ1v) is 6.54. The molecule has 0 radical (unpaired) electrons. The maximum absolute atomic E-state index is 12.9. The Morgan fingerprint density at radius 3 is 2.76 bits per heavy atom. The van der Waals surface area contributed by atoms with Gasteiger partial charge >= 0.3 is 0 Å². The molecule has 1 aromatic heterocycles. The predicted octanol–water partition coefficient (Wildman–Crippen LogP) is 3.35. The molecular formula is C17H10N2O2. The van der Waals surface area contributed by atoms with Crippen molar-refractivity contribution in [1.29, 1.82) is 0 Å². The molecule has 1 aromatic carbocycles. The van der Waals surface area contributed by atoms with Crippen LogP contribution in [-0.4, -0.2) is 10.2 Å². The Morgan fingerprint density at radius 2 is 1.90 bits per heavy atom. The lowest BCUT2D eigenvalue weighted by Crippen LogP contribution is -2.08. The largest absolute Gasteiger partial charge is 0.472 e. The molecule has 0 fully saturated rings. The molecule has 2 heterocycles. The molecule has 0 N–H and O–H groups in total. The molecule has 0 atom stereocenters. The van der Waals surface area contributed by atoms with Crippen LogP contribution in [-0.2, 0) is 0 Å².